The Hall–Kier alpha value is -1.20. The first-order chi connectivity index (χ1) is 10.1. The third kappa shape index (κ3) is 3.52. The van der Waals surface area contributed by atoms with Gasteiger partial charge in [-0.3, -0.25) is 4.68 Å². The van der Waals surface area contributed by atoms with Crippen LogP contribution in [0.5, 0.6) is 0 Å². The Balaban J connectivity index is 2.13. The summed E-state index contributed by atoms with van der Waals surface area (Å²) in [6.07, 6.45) is 0.892. The highest BCUT2D eigenvalue weighted by Gasteiger charge is 2.16. The SMILES string of the molecule is CCc1nn(CC)c(CN[C@H](C)c2ccccc2F)c1Br. The van der Waals surface area contributed by atoms with Crippen molar-refractivity contribution in [3.63, 3.8) is 0 Å². The summed E-state index contributed by atoms with van der Waals surface area (Å²) < 4.78 is 16.8. The van der Waals surface area contributed by atoms with Crippen LogP contribution in [0.3, 0.4) is 0 Å². The number of benzene rings is 1. The number of hydrogen-bond donors (Lipinski definition) is 1. The van der Waals surface area contributed by atoms with E-state index in [1.54, 1.807) is 6.07 Å². The minimum atomic E-state index is -0.171. The molecular weight excluding hydrogens is 333 g/mol. The van der Waals surface area contributed by atoms with Gasteiger partial charge in [0.1, 0.15) is 5.82 Å². The van der Waals surface area contributed by atoms with Crippen molar-refractivity contribution in [1.29, 1.82) is 0 Å². The van der Waals surface area contributed by atoms with E-state index in [1.165, 1.54) is 6.07 Å². The second kappa shape index (κ2) is 7.18. The highest BCUT2D eigenvalue weighted by atomic mass is 79.9. The van der Waals surface area contributed by atoms with E-state index in [4.69, 9.17) is 0 Å². The Bertz CT molecular complexity index is 610. The molecule has 1 aromatic heterocycles. The van der Waals surface area contributed by atoms with Gasteiger partial charge < -0.3 is 5.32 Å². The molecular formula is C16H21BrFN3. The van der Waals surface area contributed by atoms with Gasteiger partial charge in [0.25, 0.3) is 0 Å². The molecule has 5 heteroatoms. The average Bonchev–Trinajstić information content (AvgIpc) is 2.80. The van der Waals surface area contributed by atoms with Crippen molar-refractivity contribution in [3.05, 3.63) is 51.5 Å². The lowest BCUT2D eigenvalue weighted by Gasteiger charge is -2.15. The Morgan fingerprint density at radius 2 is 2.05 bits per heavy atom. The minimum Gasteiger partial charge on any atom is -0.304 e. The number of aryl methyl sites for hydroxylation is 2. The maximum atomic E-state index is 13.8. The zero-order valence-electron chi connectivity index (χ0n) is 12.7. The van der Waals surface area contributed by atoms with Gasteiger partial charge in [-0.15, -0.1) is 0 Å². The monoisotopic (exact) mass is 353 g/mol. The standard InChI is InChI=1S/C16H21BrFN3/c1-4-14-16(17)15(21(5-2)20-14)10-19-11(3)12-8-6-7-9-13(12)18/h6-9,11,19H,4-5,10H2,1-3H3/t11-/m1/s1. The number of halogens is 2. The largest absolute Gasteiger partial charge is 0.304 e. The van der Waals surface area contributed by atoms with Crippen molar-refractivity contribution < 1.29 is 4.39 Å². The molecule has 114 valence electrons. The number of nitrogens with one attached hydrogen (secondary N) is 1. The summed E-state index contributed by atoms with van der Waals surface area (Å²) in [6, 6.07) is 6.83. The van der Waals surface area contributed by atoms with Crippen LogP contribution in [0.2, 0.25) is 0 Å². The fourth-order valence-corrected chi connectivity index (χ4v) is 3.08. The molecule has 2 aromatic rings. The third-order valence-corrected chi connectivity index (χ3v) is 4.56. The van der Waals surface area contributed by atoms with Crippen LogP contribution < -0.4 is 5.32 Å². The zero-order chi connectivity index (χ0) is 15.4. The molecule has 21 heavy (non-hydrogen) atoms. The molecule has 1 heterocycles. The molecule has 0 aliphatic carbocycles. The lowest BCUT2D eigenvalue weighted by molar-refractivity contribution is 0.505. The summed E-state index contributed by atoms with van der Waals surface area (Å²) in [5, 5.41) is 7.95. The molecule has 0 radical (unpaired) electrons. The first-order valence-corrected chi connectivity index (χ1v) is 8.09. The number of hydrogen-bond acceptors (Lipinski definition) is 2. The smallest absolute Gasteiger partial charge is 0.127 e. The normalized spacial score (nSPS) is 12.6. The molecule has 1 N–H and O–H groups in total. The van der Waals surface area contributed by atoms with E-state index in [-0.39, 0.29) is 11.9 Å². The van der Waals surface area contributed by atoms with E-state index in [1.807, 2.05) is 23.7 Å². The third-order valence-electron chi connectivity index (χ3n) is 3.64. The van der Waals surface area contributed by atoms with E-state index in [2.05, 4.69) is 40.2 Å². The number of rotatable bonds is 6. The molecule has 0 fully saturated rings. The molecule has 0 aliphatic heterocycles. The van der Waals surface area contributed by atoms with Gasteiger partial charge in [-0.1, -0.05) is 25.1 Å². The molecule has 0 bridgehead atoms. The van der Waals surface area contributed by atoms with Crippen molar-refractivity contribution in [2.45, 2.75) is 46.3 Å². The summed E-state index contributed by atoms with van der Waals surface area (Å²) in [7, 11) is 0. The van der Waals surface area contributed by atoms with Gasteiger partial charge >= 0.3 is 0 Å². The summed E-state index contributed by atoms with van der Waals surface area (Å²) >= 11 is 3.63. The first-order valence-electron chi connectivity index (χ1n) is 7.30. The fraction of sp³-hybridized carbons (Fsp3) is 0.438. The second-order valence-electron chi connectivity index (χ2n) is 5.00. The summed E-state index contributed by atoms with van der Waals surface area (Å²) in [6.45, 7) is 7.61. The molecule has 3 nitrogen and oxygen atoms in total. The topological polar surface area (TPSA) is 29.9 Å². The average molecular weight is 354 g/mol. The summed E-state index contributed by atoms with van der Waals surface area (Å²) in [5.41, 5.74) is 2.86. The van der Waals surface area contributed by atoms with Crippen LogP contribution in [0.1, 0.15) is 43.8 Å². The van der Waals surface area contributed by atoms with Crippen LogP contribution in [0, 0.1) is 5.82 Å². The molecule has 1 aromatic carbocycles. The molecule has 0 unspecified atom stereocenters. The van der Waals surface area contributed by atoms with Gasteiger partial charge in [0.05, 0.1) is 15.9 Å². The number of nitrogens with zero attached hydrogens (tertiary/aromatic N) is 2. The van der Waals surface area contributed by atoms with Crippen LogP contribution in [0.15, 0.2) is 28.7 Å². The minimum absolute atomic E-state index is 0.0524. The maximum absolute atomic E-state index is 13.8. The Labute approximate surface area is 133 Å². The van der Waals surface area contributed by atoms with Crippen molar-refractivity contribution in [1.82, 2.24) is 15.1 Å². The van der Waals surface area contributed by atoms with Crippen LogP contribution in [0.25, 0.3) is 0 Å². The molecule has 0 saturated carbocycles. The van der Waals surface area contributed by atoms with Crippen molar-refractivity contribution >= 4 is 15.9 Å². The summed E-state index contributed by atoms with van der Waals surface area (Å²) in [4.78, 5) is 0. The van der Waals surface area contributed by atoms with Crippen molar-refractivity contribution in [2.24, 2.45) is 0 Å². The lowest BCUT2D eigenvalue weighted by atomic mass is 10.1. The predicted octanol–water partition coefficient (Wildman–Crippen LogP) is 4.22. The lowest BCUT2D eigenvalue weighted by Crippen LogP contribution is -2.21. The van der Waals surface area contributed by atoms with E-state index < -0.39 is 0 Å². The Morgan fingerprint density at radius 3 is 2.67 bits per heavy atom. The van der Waals surface area contributed by atoms with Crippen molar-refractivity contribution in [3.8, 4) is 0 Å². The number of aromatic nitrogens is 2. The van der Waals surface area contributed by atoms with Crippen molar-refractivity contribution in [2.75, 3.05) is 0 Å². The fourth-order valence-electron chi connectivity index (χ4n) is 2.37. The van der Waals surface area contributed by atoms with E-state index >= 15 is 0 Å². The molecule has 2 rings (SSSR count). The van der Waals surface area contributed by atoms with Gasteiger partial charge in [0, 0.05) is 24.7 Å². The highest BCUT2D eigenvalue weighted by Crippen LogP contribution is 2.23. The Kier molecular flexibility index (Phi) is 5.53. The predicted molar refractivity (Wildman–Crippen MR) is 86.6 cm³/mol. The Morgan fingerprint density at radius 1 is 1.33 bits per heavy atom. The van der Waals surface area contributed by atoms with Gasteiger partial charge in [-0.05, 0) is 42.3 Å². The molecule has 1 atom stereocenters. The van der Waals surface area contributed by atoms with Gasteiger partial charge in [0.2, 0.25) is 0 Å². The van der Waals surface area contributed by atoms with Crippen LogP contribution in [-0.2, 0) is 19.5 Å². The van der Waals surface area contributed by atoms with E-state index in [0.29, 0.717) is 12.1 Å². The maximum Gasteiger partial charge on any atom is 0.127 e. The van der Waals surface area contributed by atoms with Crippen LogP contribution in [0.4, 0.5) is 4.39 Å². The molecule has 0 saturated heterocycles. The van der Waals surface area contributed by atoms with Gasteiger partial charge in [-0.2, -0.15) is 5.10 Å². The highest BCUT2D eigenvalue weighted by molar-refractivity contribution is 9.10. The quantitative estimate of drug-likeness (QED) is 0.842. The van der Waals surface area contributed by atoms with Gasteiger partial charge in [0.15, 0.2) is 0 Å². The zero-order valence-corrected chi connectivity index (χ0v) is 14.2. The van der Waals surface area contributed by atoms with E-state index in [0.717, 1.165) is 28.8 Å². The van der Waals surface area contributed by atoms with Crippen LogP contribution >= 0.6 is 15.9 Å². The first kappa shape index (κ1) is 16.2. The van der Waals surface area contributed by atoms with Crippen LogP contribution in [-0.4, -0.2) is 9.78 Å². The van der Waals surface area contributed by atoms with Gasteiger partial charge in [-0.25, -0.2) is 4.39 Å². The molecule has 0 amide bonds. The molecule has 0 spiro atoms. The second-order valence-corrected chi connectivity index (χ2v) is 5.79. The van der Waals surface area contributed by atoms with E-state index in [9.17, 15) is 4.39 Å². The molecule has 0 aliphatic rings. The summed E-state index contributed by atoms with van der Waals surface area (Å²) in [5.74, 6) is -0.171.